The Morgan fingerprint density at radius 3 is 2.53 bits per heavy atom. The van der Waals surface area contributed by atoms with Crippen molar-refractivity contribution in [2.75, 3.05) is 0 Å². The molecule has 0 unspecified atom stereocenters. The minimum atomic E-state index is 0.649. The van der Waals surface area contributed by atoms with Crippen molar-refractivity contribution >= 4 is 6.29 Å². The normalized spacial score (nSPS) is 10.6. The van der Waals surface area contributed by atoms with Crippen LogP contribution >= 0.6 is 0 Å². The van der Waals surface area contributed by atoms with Crippen LogP contribution in [-0.2, 0) is 6.42 Å². The number of rotatable bonds is 7. The fourth-order valence-corrected chi connectivity index (χ4v) is 2.34. The number of aldehydes is 1. The third kappa shape index (κ3) is 3.57. The van der Waals surface area contributed by atoms with Crippen LogP contribution < -0.4 is 0 Å². The van der Waals surface area contributed by atoms with Crippen LogP contribution in [0.4, 0.5) is 0 Å². The summed E-state index contributed by atoms with van der Waals surface area (Å²) in [5.41, 5.74) is 4.10. The molecule has 0 amide bonds. The quantitative estimate of drug-likeness (QED) is 0.568. The third-order valence-electron chi connectivity index (χ3n) is 3.48. The third-order valence-corrected chi connectivity index (χ3v) is 3.48. The lowest BCUT2D eigenvalue weighted by molar-refractivity contribution is 0.112. The first-order valence-corrected chi connectivity index (χ1v) is 7.07. The van der Waals surface area contributed by atoms with Crippen molar-refractivity contribution in [3.05, 3.63) is 47.8 Å². The number of aryl methyl sites for hydroxylation is 1. The van der Waals surface area contributed by atoms with Gasteiger partial charge >= 0.3 is 0 Å². The molecule has 0 spiro atoms. The van der Waals surface area contributed by atoms with Gasteiger partial charge in [0.1, 0.15) is 0 Å². The van der Waals surface area contributed by atoms with Crippen LogP contribution in [0.25, 0.3) is 11.1 Å². The van der Waals surface area contributed by atoms with Crippen molar-refractivity contribution in [2.45, 2.75) is 39.0 Å². The highest BCUT2D eigenvalue weighted by atomic mass is 16.1. The molecule has 2 nitrogen and oxygen atoms in total. The van der Waals surface area contributed by atoms with Crippen LogP contribution in [0.3, 0.4) is 0 Å². The minimum absolute atomic E-state index is 0.649. The summed E-state index contributed by atoms with van der Waals surface area (Å²) in [5.74, 6) is 0. The number of nitrogens with one attached hydrogen (secondary N) is 1. The molecule has 0 saturated heterocycles. The van der Waals surface area contributed by atoms with Crippen LogP contribution in [0, 0.1) is 0 Å². The predicted molar refractivity (Wildman–Crippen MR) is 79.5 cm³/mol. The van der Waals surface area contributed by atoms with Crippen LogP contribution in [0.1, 0.15) is 48.7 Å². The highest BCUT2D eigenvalue weighted by Crippen LogP contribution is 2.22. The molecule has 1 aromatic carbocycles. The summed E-state index contributed by atoms with van der Waals surface area (Å²) in [4.78, 5) is 13.8. The molecule has 1 heterocycles. The number of hydrogen-bond donors (Lipinski definition) is 1. The Labute approximate surface area is 114 Å². The van der Waals surface area contributed by atoms with E-state index in [0.29, 0.717) is 5.69 Å². The molecule has 0 aliphatic carbocycles. The highest BCUT2D eigenvalue weighted by Gasteiger charge is 2.05. The molecule has 0 radical (unpaired) electrons. The lowest BCUT2D eigenvalue weighted by Crippen LogP contribution is -1.88. The number of benzene rings is 1. The van der Waals surface area contributed by atoms with Crippen LogP contribution in [-0.4, -0.2) is 11.3 Å². The second-order valence-electron chi connectivity index (χ2n) is 4.93. The Kier molecular flexibility index (Phi) is 4.96. The van der Waals surface area contributed by atoms with Gasteiger partial charge in [0, 0.05) is 11.8 Å². The number of hydrogen-bond acceptors (Lipinski definition) is 1. The number of aromatic nitrogens is 1. The van der Waals surface area contributed by atoms with Crippen LogP contribution in [0.2, 0.25) is 0 Å². The summed E-state index contributed by atoms with van der Waals surface area (Å²) in [6.07, 6.45) is 8.99. The van der Waals surface area contributed by atoms with E-state index in [9.17, 15) is 4.79 Å². The molecule has 0 bridgehead atoms. The van der Waals surface area contributed by atoms with Gasteiger partial charge in [-0.05, 0) is 30.0 Å². The summed E-state index contributed by atoms with van der Waals surface area (Å²) in [6, 6.07) is 10.5. The maximum absolute atomic E-state index is 10.9. The van der Waals surface area contributed by atoms with Crippen molar-refractivity contribution in [1.29, 1.82) is 0 Å². The molecule has 19 heavy (non-hydrogen) atoms. The van der Waals surface area contributed by atoms with E-state index >= 15 is 0 Å². The Bertz CT molecular complexity index is 510. The highest BCUT2D eigenvalue weighted by molar-refractivity contribution is 5.85. The second kappa shape index (κ2) is 6.93. The van der Waals surface area contributed by atoms with Gasteiger partial charge in [0.05, 0.1) is 5.69 Å². The Balaban J connectivity index is 2.00. The number of carbonyl (C=O) groups excluding carboxylic acids is 1. The number of carbonyl (C=O) groups is 1. The van der Waals surface area contributed by atoms with E-state index in [0.717, 1.165) is 23.8 Å². The Hall–Kier alpha value is -1.83. The first-order valence-electron chi connectivity index (χ1n) is 7.07. The summed E-state index contributed by atoms with van der Waals surface area (Å²) in [6.45, 7) is 2.23. The van der Waals surface area contributed by atoms with Gasteiger partial charge < -0.3 is 4.98 Å². The molecule has 1 aromatic heterocycles. The molecule has 0 atom stereocenters. The van der Waals surface area contributed by atoms with Crippen molar-refractivity contribution in [2.24, 2.45) is 0 Å². The molecule has 0 saturated carbocycles. The summed E-state index contributed by atoms with van der Waals surface area (Å²) < 4.78 is 0. The lowest BCUT2D eigenvalue weighted by Gasteiger charge is -2.04. The molecule has 2 heteroatoms. The van der Waals surface area contributed by atoms with Gasteiger partial charge in [-0.25, -0.2) is 0 Å². The van der Waals surface area contributed by atoms with E-state index in [4.69, 9.17) is 0 Å². The fraction of sp³-hybridized carbons (Fsp3) is 0.353. The zero-order chi connectivity index (χ0) is 13.5. The average molecular weight is 255 g/mol. The predicted octanol–water partition coefficient (Wildman–Crippen LogP) is 4.62. The van der Waals surface area contributed by atoms with E-state index in [1.165, 1.54) is 31.2 Å². The molecular weight excluding hydrogens is 234 g/mol. The number of aromatic amines is 1. The lowest BCUT2D eigenvalue weighted by atomic mass is 10.0. The molecule has 2 aromatic rings. The first-order chi connectivity index (χ1) is 9.35. The van der Waals surface area contributed by atoms with E-state index in [1.807, 2.05) is 6.07 Å². The standard InChI is InChI=1S/C17H21NO/c1-2-3-4-5-6-14-7-9-15(10-8-14)16-11-12-18-17(16)13-19/h7-13,18H,2-6H2,1H3. The zero-order valence-corrected chi connectivity index (χ0v) is 11.5. The van der Waals surface area contributed by atoms with Gasteiger partial charge in [-0.3, -0.25) is 4.79 Å². The van der Waals surface area contributed by atoms with Crippen molar-refractivity contribution in [3.63, 3.8) is 0 Å². The smallest absolute Gasteiger partial charge is 0.166 e. The van der Waals surface area contributed by atoms with Gasteiger partial charge in [-0.1, -0.05) is 50.5 Å². The monoisotopic (exact) mass is 255 g/mol. The molecule has 0 fully saturated rings. The van der Waals surface area contributed by atoms with Crippen molar-refractivity contribution in [1.82, 2.24) is 4.98 Å². The van der Waals surface area contributed by atoms with Crippen molar-refractivity contribution in [3.8, 4) is 11.1 Å². The van der Waals surface area contributed by atoms with Gasteiger partial charge in [0.15, 0.2) is 6.29 Å². The first kappa shape index (κ1) is 13.6. The van der Waals surface area contributed by atoms with Crippen LogP contribution in [0.5, 0.6) is 0 Å². The largest absolute Gasteiger partial charge is 0.359 e. The maximum atomic E-state index is 10.9. The zero-order valence-electron chi connectivity index (χ0n) is 11.5. The minimum Gasteiger partial charge on any atom is -0.359 e. The van der Waals surface area contributed by atoms with Gasteiger partial charge in [0.2, 0.25) is 0 Å². The molecule has 0 aliphatic rings. The average Bonchev–Trinajstić information content (AvgIpc) is 2.93. The summed E-state index contributed by atoms with van der Waals surface area (Å²) in [5, 5.41) is 0. The Morgan fingerprint density at radius 2 is 1.84 bits per heavy atom. The fourth-order valence-electron chi connectivity index (χ4n) is 2.34. The maximum Gasteiger partial charge on any atom is 0.166 e. The molecule has 0 aliphatic heterocycles. The number of H-pyrrole nitrogens is 1. The summed E-state index contributed by atoms with van der Waals surface area (Å²) in [7, 11) is 0. The summed E-state index contributed by atoms with van der Waals surface area (Å²) >= 11 is 0. The molecular formula is C17H21NO. The van der Waals surface area contributed by atoms with Crippen LogP contribution in [0.15, 0.2) is 36.5 Å². The number of unbranched alkanes of at least 4 members (excludes halogenated alkanes) is 3. The molecule has 1 N–H and O–H groups in total. The Morgan fingerprint density at radius 1 is 1.05 bits per heavy atom. The van der Waals surface area contributed by atoms with E-state index < -0.39 is 0 Å². The van der Waals surface area contributed by atoms with Crippen molar-refractivity contribution < 1.29 is 4.79 Å². The van der Waals surface area contributed by atoms with Gasteiger partial charge in [0.25, 0.3) is 0 Å². The van der Waals surface area contributed by atoms with E-state index in [-0.39, 0.29) is 0 Å². The second-order valence-corrected chi connectivity index (χ2v) is 4.93. The molecule has 2 rings (SSSR count). The van der Waals surface area contributed by atoms with Gasteiger partial charge in [-0.15, -0.1) is 0 Å². The van der Waals surface area contributed by atoms with E-state index in [2.05, 4.69) is 36.2 Å². The van der Waals surface area contributed by atoms with E-state index in [1.54, 1.807) is 6.20 Å². The SMILES string of the molecule is CCCCCCc1ccc(-c2cc[nH]c2C=O)cc1. The topological polar surface area (TPSA) is 32.9 Å². The van der Waals surface area contributed by atoms with Gasteiger partial charge in [-0.2, -0.15) is 0 Å². The molecule has 100 valence electrons.